The van der Waals surface area contributed by atoms with Crippen molar-refractivity contribution in [1.29, 1.82) is 0 Å². The van der Waals surface area contributed by atoms with E-state index in [9.17, 15) is 0 Å². The number of nitrogens with one attached hydrogen (secondary N) is 1. The summed E-state index contributed by atoms with van der Waals surface area (Å²) in [5, 5.41) is 4.73. The predicted octanol–water partition coefficient (Wildman–Crippen LogP) is 2.90. The molecular weight excluding hydrogens is 192 g/mol. The fourth-order valence-corrected chi connectivity index (χ4v) is 2.10. The summed E-state index contributed by atoms with van der Waals surface area (Å²) in [4.78, 5) is 5.88. The van der Waals surface area contributed by atoms with Crippen LogP contribution in [0.4, 0.5) is 0 Å². The van der Waals surface area contributed by atoms with Crippen molar-refractivity contribution in [2.24, 2.45) is 0 Å². The van der Waals surface area contributed by atoms with Crippen LogP contribution in [0.2, 0.25) is 0 Å². The van der Waals surface area contributed by atoms with Crippen molar-refractivity contribution in [1.82, 2.24) is 10.3 Å². The molecule has 0 unspecified atom stereocenters. The Morgan fingerprint density at radius 2 is 2.00 bits per heavy atom. The number of nitrogens with zero attached hydrogens (tertiary/aromatic N) is 1. The molecule has 1 aromatic heterocycles. The summed E-state index contributed by atoms with van der Waals surface area (Å²) in [6, 6.07) is 0. The van der Waals surface area contributed by atoms with Gasteiger partial charge in [-0.1, -0.05) is 6.92 Å². The lowest BCUT2D eigenvalue weighted by atomic mass is 10.1. The Morgan fingerprint density at radius 3 is 2.43 bits per heavy atom. The number of rotatable bonds is 3. The maximum Gasteiger partial charge on any atom is 0.0928 e. The molecule has 0 fully saturated rings. The smallest absolute Gasteiger partial charge is 0.0928 e. The topological polar surface area (TPSA) is 24.9 Å². The average Bonchev–Trinajstić information content (AvgIpc) is 2.42. The van der Waals surface area contributed by atoms with Gasteiger partial charge in [0, 0.05) is 17.0 Å². The molecule has 80 valence electrons. The van der Waals surface area contributed by atoms with Crippen LogP contribution in [0, 0.1) is 6.92 Å². The number of thiazole rings is 1. The minimum Gasteiger partial charge on any atom is -0.307 e. The fraction of sp³-hybridized carbons (Fsp3) is 0.727. The zero-order chi connectivity index (χ0) is 10.8. The van der Waals surface area contributed by atoms with Crippen LogP contribution in [0.15, 0.2) is 0 Å². The van der Waals surface area contributed by atoms with Gasteiger partial charge in [-0.05, 0) is 34.1 Å². The van der Waals surface area contributed by atoms with Crippen LogP contribution in [0.3, 0.4) is 0 Å². The Balaban J connectivity index is 2.63. The highest BCUT2D eigenvalue weighted by Crippen LogP contribution is 2.18. The molecule has 2 nitrogen and oxygen atoms in total. The summed E-state index contributed by atoms with van der Waals surface area (Å²) < 4.78 is 0. The summed E-state index contributed by atoms with van der Waals surface area (Å²) in [5.41, 5.74) is 1.37. The Bertz CT molecular complexity index is 297. The minimum absolute atomic E-state index is 0.183. The van der Waals surface area contributed by atoms with Gasteiger partial charge in [0.1, 0.15) is 0 Å². The van der Waals surface area contributed by atoms with Crippen LogP contribution >= 0.6 is 11.3 Å². The van der Waals surface area contributed by atoms with E-state index >= 15 is 0 Å². The maximum absolute atomic E-state index is 4.51. The first kappa shape index (κ1) is 11.7. The second-order valence-corrected chi connectivity index (χ2v) is 5.74. The highest BCUT2D eigenvalue weighted by Gasteiger charge is 2.11. The Kier molecular flexibility index (Phi) is 3.67. The number of hydrogen-bond acceptors (Lipinski definition) is 3. The van der Waals surface area contributed by atoms with Gasteiger partial charge in [-0.15, -0.1) is 11.3 Å². The third kappa shape index (κ3) is 3.39. The second kappa shape index (κ2) is 4.41. The van der Waals surface area contributed by atoms with Gasteiger partial charge in [-0.25, -0.2) is 4.98 Å². The van der Waals surface area contributed by atoms with E-state index in [1.165, 1.54) is 15.6 Å². The van der Waals surface area contributed by atoms with Crippen LogP contribution < -0.4 is 5.32 Å². The minimum atomic E-state index is 0.183. The van der Waals surface area contributed by atoms with Crippen LogP contribution in [0.25, 0.3) is 0 Å². The van der Waals surface area contributed by atoms with Crippen molar-refractivity contribution in [2.75, 3.05) is 0 Å². The van der Waals surface area contributed by atoms with E-state index in [2.05, 4.69) is 44.9 Å². The van der Waals surface area contributed by atoms with Crippen molar-refractivity contribution < 1.29 is 0 Å². The lowest BCUT2D eigenvalue weighted by Gasteiger charge is -2.19. The summed E-state index contributed by atoms with van der Waals surface area (Å²) in [5.74, 6) is 0. The monoisotopic (exact) mass is 212 g/mol. The zero-order valence-corrected chi connectivity index (χ0v) is 10.6. The van der Waals surface area contributed by atoms with Crippen molar-refractivity contribution in [3.05, 3.63) is 15.6 Å². The van der Waals surface area contributed by atoms with Gasteiger partial charge in [-0.3, -0.25) is 0 Å². The van der Waals surface area contributed by atoms with Crippen LogP contribution in [0.1, 0.15) is 43.3 Å². The van der Waals surface area contributed by atoms with E-state index in [-0.39, 0.29) is 5.54 Å². The molecule has 1 rings (SSSR count). The van der Waals surface area contributed by atoms with E-state index < -0.39 is 0 Å². The van der Waals surface area contributed by atoms with Crippen molar-refractivity contribution in [3.63, 3.8) is 0 Å². The largest absolute Gasteiger partial charge is 0.307 e. The van der Waals surface area contributed by atoms with Gasteiger partial charge in [0.25, 0.3) is 0 Å². The SMILES string of the molecule is CCc1nc(C)c(CNC(C)(C)C)s1. The van der Waals surface area contributed by atoms with E-state index in [1.54, 1.807) is 0 Å². The first-order valence-electron chi connectivity index (χ1n) is 5.12. The molecule has 0 atom stereocenters. The first-order valence-corrected chi connectivity index (χ1v) is 5.94. The van der Waals surface area contributed by atoms with Crippen molar-refractivity contribution in [2.45, 2.75) is 53.1 Å². The lowest BCUT2D eigenvalue weighted by Crippen LogP contribution is -2.34. The molecule has 0 aromatic carbocycles. The zero-order valence-electron chi connectivity index (χ0n) is 9.77. The normalized spacial score (nSPS) is 12.1. The fourth-order valence-electron chi connectivity index (χ4n) is 1.15. The molecular formula is C11H20N2S. The van der Waals surface area contributed by atoms with E-state index in [4.69, 9.17) is 0 Å². The van der Waals surface area contributed by atoms with Crippen LogP contribution in [0.5, 0.6) is 0 Å². The number of aromatic nitrogens is 1. The summed E-state index contributed by atoms with van der Waals surface area (Å²) in [6.45, 7) is 11.7. The molecule has 0 saturated heterocycles. The third-order valence-electron chi connectivity index (χ3n) is 2.02. The molecule has 3 heteroatoms. The van der Waals surface area contributed by atoms with Crippen molar-refractivity contribution >= 4 is 11.3 Å². The van der Waals surface area contributed by atoms with E-state index in [0.29, 0.717) is 0 Å². The van der Waals surface area contributed by atoms with E-state index in [0.717, 1.165) is 13.0 Å². The Hall–Kier alpha value is -0.410. The number of hydrogen-bond donors (Lipinski definition) is 1. The second-order valence-electron chi connectivity index (χ2n) is 4.57. The average molecular weight is 212 g/mol. The van der Waals surface area contributed by atoms with E-state index in [1.807, 2.05) is 11.3 Å². The Morgan fingerprint density at radius 1 is 1.36 bits per heavy atom. The van der Waals surface area contributed by atoms with Gasteiger partial charge in [-0.2, -0.15) is 0 Å². The molecule has 0 spiro atoms. The van der Waals surface area contributed by atoms with Gasteiger partial charge in [0.05, 0.1) is 10.7 Å². The third-order valence-corrected chi connectivity index (χ3v) is 3.32. The van der Waals surface area contributed by atoms with Gasteiger partial charge >= 0.3 is 0 Å². The van der Waals surface area contributed by atoms with Gasteiger partial charge in [0.2, 0.25) is 0 Å². The molecule has 1 N–H and O–H groups in total. The Labute approximate surface area is 90.8 Å². The highest BCUT2D eigenvalue weighted by atomic mass is 32.1. The molecule has 1 aromatic rings. The highest BCUT2D eigenvalue weighted by molar-refractivity contribution is 7.11. The maximum atomic E-state index is 4.51. The van der Waals surface area contributed by atoms with Crippen LogP contribution in [-0.2, 0) is 13.0 Å². The van der Waals surface area contributed by atoms with Crippen molar-refractivity contribution in [3.8, 4) is 0 Å². The predicted molar refractivity (Wildman–Crippen MR) is 62.8 cm³/mol. The molecule has 1 heterocycles. The molecule has 0 aliphatic rings. The molecule has 0 amide bonds. The van der Waals surface area contributed by atoms with Crippen LogP contribution in [-0.4, -0.2) is 10.5 Å². The molecule has 0 aliphatic heterocycles. The summed E-state index contributed by atoms with van der Waals surface area (Å²) in [7, 11) is 0. The summed E-state index contributed by atoms with van der Waals surface area (Å²) >= 11 is 1.83. The first-order chi connectivity index (χ1) is 6.42. The molecule has 0 aliphatic carbocycles. The number of aryl methyl sites for hydroxylation is 2. The molecule has 0 radical (unpaired) electrons. The van der Waals surface area contributed by atoms with Gasteiger partial charge < -0.3 is 5.32 Å². The van der Waals surface area contributed by atoms with Gasteiger partial charge in [0.15, 0.2) is 0 Å². The molecule has 0 bridgehead atoms. The quantitative estimate of drug-likeness (QED) is 0.833. The lowest BCUT2D eigenvalue weighted by molar-refractivity contribution is 0.425. The standard InChI is InChI=1S/C11H20N2S/c1-6-10-13-8(2)9(14-10)7-12-11(3,4)5/h12H,6-7H2,1-5H3. The summed E-state index contributed by atoms with van der Waals surface area (Å²) in [6.07, 6.45) is 1.04. The molecule has 14 heavy (non-hydrogen) atoms. The molecule has 0 saturated carbocycles.